The predicted molar refractivity (Wildman–Crippen MR) is 125 cm³/mol. The van der Waals surface area contributed by atoms with E-state index in [1.807, 2.05) is 37.0 Å². The van der Waals surface area contributed by atoms with Crippen LogP contribution < -0.4 is 5.32 Å². The molecule has 0 bridgehead atoms. The lowest BCUT2D eigenvalue weighted by Gasteiger charge is -2.21. The average molecular weight is 445 g/mol. The summed E-state index contributed by atoms with van der Waals surface area (Å²) < 4.78 is 13.7. The summed E-state index contributed by atoms with van der Waals surface area (Å²) in [6, 6.07) is 10.7. The Morgan fingerprint density at radius 2 is 2.00 bits per heavy atom. The first-order chi connectivity index (χ1) is 14.4. The molecule has 0 amide bonds. The van der Waals surface area contributed by atoms with Gasteiger partial charge < -0.3 is 10.2 Å². The summed E-state index contributed by atoms with van der Waals surface area (Å²) in [4.78, 5) is 13.4. The van der Waals surface area contributed by atoms with E-state index < -0.39 is 0 Å². The topological polar surface area (TPSA) is 32.3 Å². The summed E-state index contributed by atoms with van der Waals surface area (Å²) in [7, 11) is 3.93. The SMILES string of the molecule is CCSCc1ccc2c(c1)C(=C/N(C)C)/C(=C\C=O)CNC2c1ccc(F)cc1Cl. The van der Waals surface area contributed by atoms with E-state index in [1.54, 1.807) is 12.1 Å². The lowest BCUT2D eigenvalue weighted by Crippen LogP contribution is -2.23. The summed E-state index contributed by atoms with van der Waals surface area (Å²) in [5.74, 6) is 1.60. The van der Waals surface area contributed by atoms with E-state index in [2.05, 4.69) is 30.4 Å². The van der Waals surface area contributed by atoms with Crippen LogP contribution in [-0.2, 0) is 10.5 Å². The van der Waals surface area contributed by atoms with Gasteiger partial charge in [0.2, 0.25) is 0 Å². The zero-order valence-corrected chi connectivity index (χ0v) is 19.0. The second kappa shape index (κ2) is 10.3. The Hall–Kier alpha value is -2.08. The van der Waals surface area contributed by atoms with Crippen molar-refractivity contribution in [3.63, 3.8) is 0 Å². The number of halogens is 2. The molecule has 0 radical (unpaired) electrons. The number of fused-ring (bicyclic) bond motifs is 1. The molecule has 0 saturated carbocycles. The molecule has 1 heterocycles. The maximum atomic E-state index is 13.7. The van der Waals surface area contributed by atoms with Crippen molar-refractivity contribution in [2.45, 2.75) is 18.7 Å². The fourth-order valence-corrected chi connectivity index (χ4v) is 4.54. The van der Waals surface area contributed by atoms with Gasteiger partial charge in [-0.2, -0.15) is 11.8 Å². The van der Waals surface area contributed by atoms with Crippen molar-refractivity contribution >= 4 is 35.2 Å². The van der Waals surface area contributed by atoms with E-state index in [0.717, 1.165) is 45.6 Å². The molecule has 0 fully saturated rings. The van der Waals surface area contributed by atoms with Crippen LogP contribution in [0.5, 0.6) is 0 Å². The second-order valence-electron chi connectivity index (χ2n) is 7.37. The summed E-state index contributed by atoms with van der Waals surface area (Å²) in [6.07, 6.45) is 4.47. The van der Waals surface area contributed by atoms with Gasteiger partial charge in [-0.15, -0.1) is 0 Å². The van der Waals surface area contributed by atoms with Crippen LogP contribution in [0.25, 0.3) is 5.57 Å². The number of rotatable bonds is 6. The fraction of sp³-hybridized carbons (Fsp3) is 0.292. The van der Waals surface area contributed by atoms with Crippen LogP contribution in [0.4, 0.5) is 4.39 Å². The molecule has 1 unspecified atom stereocenters. The van der Waals surface area contributed by atoms with Crippen LogP contribution in [0.1, 0.15) is 35.2 Å². The van der Waals surface area contributed by atoms with Gasteiger partial charge in [-0.1, -0.05) is 36.7 Å². The van der Waals surface area contributed by atoms with Gasteiger partial charge >= 0.3 is 0 Å². The third kappa shape index (κ3) is 5.15. The second-order valence-corrected chi connectivity index (χ2v) is 9.05. The van der Waals surface area contributed by atoms with E-state index in [1.165, 1.54) is 17.7 Å². The van der Waals surface area contributed by atoms with Crippen molar-refractivity contribution in [1.82, 2.24) is 10.2 Å². The Morgan fingerprint density at radius 3 is 2.67 bits per heavy atom. The third-order valence-electron chi connectivity index (χ3n) is 4.96. The molecule has 1 aliphatic heterocycles. The highest BCUT2D eigenvalue weighted by atomic mass is 35.5. The number of benzene rings is 2. The summed E-state index contributed by atoms with van der Waals surface area (Å²) in [5, 5.41) is 3.90. The molecule has 1 N–H and O–H groups in total. The van der Waals surface area contributed by atoms with Crippen LogP contribution in [-0.4, -0.2) is 37.6 Å². The average Bonchev–Trinajstić information content (AvgIpc) is 2.84. The van der Waals surface area contributed by atoms with Crippen LogP contribution in [0.3, 0.4) is 0 Å². The van der Waals surface area contributed by atoms with Gasteiger partial charge in [0.15, 0.2) is 0 Å². The minimum atomic E-state index is -0.362. The molecule has 2 aromatic rings. The predicted octanol–water partition coefficient (Wildman–Crippen LogP) is 5.45. The summed E-state index contributed by atoms with van der Waals surface area (Å²) >= 11 is 8.29. The number of allylic oxidation sites excluding steroid dienone is 1. The highest BCUT2D eigenvalue weighted by Crippen LogP contribution is 2.39. The molecule has 3 nitrogen and oxygen atoms in total. The van der Waals surface area contributed by atoms with Gasteiger partial charge in [0.25, 0.3) is 0 Å². The Balaban J connectivity index is 2.22. The van der Waals surface area contributed by atoms with Crippen LogP contribution in [0, 0.1) is 5.82 Å². The number of thioether (sulfide) groups is 1. The number of hydrogen-bond donors (Lipinski definition) is 1. The van der Waals surface area contributed by atoms with Crippen molar-refractivity contribution in [2.75, 3.05) is 26.4 Å². The summed E-state index contributed by atoms with van der Waals surface area (Å²) in [6.45, 7) is 2.64. The van der Waals surface area contributed by atoms with Crippen LogP contribution in [0.2, 0.25) is 5.02 Å². The standard InChI is InChI=1S/C24H26ClFN2OS/c1-4-30-15-16-5-7-19-21(11-16)22(14-28(2)3)17(9-10-29)13-27-24(19)20-8-6-18(26)12-23(20)25/h5-12,14,24,27H,4,13,15H2,1-3H3/b17-9-,22-14+. The van der Waals surface area contributed by atoms with Gasteiger partial charge in [-0.05, 0) is 57.9 Å². The van der Waals surface area contributed by atoms with Crippen LogP contribution in [0.15, 0.2) is 54.2 Å². The van der Waals surface area contributed by atoms with Gasteiger partial charge in [0.05, 0.1) is 6.04 Å². The van der Waals surface area contributed by atoms with Crippen molar-refractivity contribution in [1.29, 1.82) is 0 Å². The first kappa shape index (κ1) is 22.6. The lowest BCUT2D eigenvalue weighted by molar-refractivity contribution is -0.104. The first-order valence-electron chi connectivity index (χ1n) is 9.86. The monoisotopic (exact) mass is 444 g/mol. The van der Waals surface area contributed by atoms with E-state index in [4.69, 9.17) is 11.6 Å². The zero-order chi connectivity index (χ0) is 21.7. The van der Waals surface area contributed by atoms with Crippen molar-refractivity contribution in [3.8, 4) is 0 Å². The minimum Gasteiger partial charge on any atom is -0.383 e. The van der Waals surface area contributed by atoms with Gasteiger partial charge in [-0.3, -0.25) is 4.79 Å². The molecule has 158 valence electrons. The molecule has 0 saturated heterocycles. The molecule has 2 aromatic carbocycles. The molecule has 3 rings (SSSR count). The smallest absolute Gasteiger partial charge is 0.143 e. The Kier molecular flexibility index (Phi) is 7.75. The quantitative estimate of drug-likeness (QED) is 0.474. The number of aldehydes is 1. The number of carbonyl (C=O) groups excluding carboxylic acids is 1. The molecule has 0 aliphatic carbocycles. The molecule has 1 aliphatic rings. The normalized spacial score (nSPS) is 18.9. The van der Waals surface area contributed by atoms with E-state index in [0.29, 0.717) is 11.6 Å². The number of carbonyl (C=O) groups is 1. The zero-order valence-electron chi connectivity index (χ0n) is 17.4. The summed E-state index contributed by atoms with van der Waals surface area (Å²) in [5.41, 5.74) is 6.05. The first-order valence-corrected chi connectivity index (χ1v) is 11.4. The van der Waals surface area contributed by atoms with Crippen molar-refractivity contribution < 1.29 is 9.18 Å². The van der Waals surface area contributed by atoms with Gasteiger partial charge in [0.1, 0.15) is 12.1 Å². The highest BCUT2D eigenvalue weighted by Gasteiger charge is 2.27. The van der Waals surface area contributed by atoms with E-state index >= 15 is 0 Å². The Labute approximate surface area is 187 Å². The fourth-order valence-electron chi connectivity index (χ4n) is 3.64. The largest absolute Gasteiger partial charge is 0.383 e. The third-order valence-corrected chi connectivity index (χ3v) is 6.24. The Bertz CT molecular complexity index is 987. The minimum absolute atomic E-state index is 0.218. The lowest BCUT2D eigenvalue weighted by atomic mass is 9.89. The Morgan fingerprint density at radius 1 is 1.23 bits per heavy atom. The number of nitrogens with one attached hydrogen (secondary N) is 1. The highest BCUT2D eigenvalue weighted by molar-refractivity contribution is 7.98. The molecule has 0 aromatic heterocycles. The molecular weight excluding hydrogens is 419 g/mol. The van der Waals surface area contributed by atoms with Crippen LogP contribution >= 0.6 is 23.4 Å². The molecular formula is C24H26ClFN2OS. The number of nitrogens with zero attached hydrogens (tertiary/aromatic N) is 1. The molecule has 1 atom stereocenters. The molecule has 6 heteroatoms. The maximum absolute atomic E-state index is 13.7. The maximum Gasteiger partial charge on any atom is 0.143 e. The number of hydrogen-bond acceptors (Lipinski definition) is 4. The van der Waals surface area contributed by atoms with Crippen molar-refractivity contribution in [3.05, 3.63) is 87.3 Å². The van der Waals surface area contributed by atoms with Gasteiger partial charge in [-0.25, -0.2) is 4.39 Å². The van der Waals surface area contributed by atoms with E-state index in [9.17, 15) is 9.18 Å². The van der Waals surface area contributed by atoms with Gasteiger partial charge in [0, 0.05) is 43.2 Å². The molecule has 30 heavy (non-hydrogen) atoms. The van der Waals surface area contributed by atoms with E-state index in [-0.39, 0.29) is 11.9 Å². The molecule has 0 spiro atoms. The van der Waals surface area contributed by atoms with Crippen molar-refractivity contribution in [2.24, 2.45) is 0 Å².